The highest BCUT2D eigenvalue weighted by atomic mass is 32.2. The van der Waals surface area contributed by atoms with Crippen LogP contribution in [0.3, 0.4) is 0 Å². The van der Waals surface area contributed by atoms with Gasteiger partial charge in [0.15, 0.2) is 5.16 Å². The van der Waals surface area contributed by atoms with Crippen LogP contribution >= 0.6 is 23.1 Å². The van der Waals surface area contributed by atoms with Crippen LogP contribution in [0.5, 0.6) is 0 Å². The van der Waals surface area contributed by atoms with Gasteiger partial charge in [-0.1, -0.05) is 0 Å². The van der Waals surface area contributed by atoms with E-state index in [0.29, 0.717) is 15.7 Å². The zero-order valence-electron chi connectivity index (χ0n) is 11.4. The smallest absolute Gasteiger partial charge is 0.270 e. The minimum absolute atomic E-state index is 0.151. The summed E-state index contributed by atoms with van der Waals surface area (Å²) in [5, 5.41) is 24.2. The van der Waals surface area contributed by atoms with Crippen LogP contribution in [-0.2, 0) is 0 Å². The second-order valence-corrected chi connectivity index (χ2v) is 6.11. The Hall–Kier alpha value is -2.72. The fourth-order valence-corrected chi connectivity index (χ4v) is 3.17. The molecule has 2 heterocycles. The van der Waals surface area contributed by atoms with Crippen LogP contribution in [-0.4, -0.2) is 26.0 Å². The first-order chi connectivity index (χ1) is 11.1. The van der Waals surface area contributed by atoms with Crippen LogP contribution in [0.4, 0.5) is 11.4 Å². The predicted octanol–water partition coefficient (Wildman–Crippen LogP) is 3.18. The number of nitrogens with zero attached hydrogens (tertiary/aromatic N) is 3. The summed E-state index contributed by atoms with van der Waals surface area (Å²) in [4.78, 5) is 27.4. The van der Waals surface area contributed by atoms with Gasteiger partial charge < -0.3 is 5.32 Å². The van der Waals surface area contributed by atoms with Crippen LogP contribution < -0.4 is 5.32 Å². The molecule has 8 nitrogen and oxygen atoms in total. The molecule has 2 aromatic heterocycles. The van der Waals surface area contributed by atoms with Gasteiger partial charge in [0.25, 0.3) is 11.6 Å². The van der Waals surface area contributed by atoms with Gasteiger partial charge >= 0.3 is 0 Å². The lowest BCUT2D eigenvalue weighted by atomic mass is 10.2. The van der Waals surface area contributed by atoms with E-state index in [1.165, 1.54) is 47.6 Å². The molecule has 0 spiro atoms. The molecule has 0 saturated carbocycles. The van der Waals surface area contributed by atoms with Gasteiger partial charge in [0.05, 0.1) is 16.2 Å². The molecular formula is C13H9N5O3S2. The molecule has 0 aliphatic rings. The number of carbonyl (C=O) groups excluding carboxylic acids is 1. The summed E-state index contributed by atoms with van der Waals surface area (Å²) in [5.41, 5.74) is 0.691. The maximum atomic E-state index is 12.4. The number of anilines is 1. The summed E-state index contributed by atoms with van der Waals surface area (Å²) in [6.45, 7) is 0. The summed E-state index contributed by atoms with van der Waals surface area (Å²) in [7, 11) is 0. The third-order valence-electron chi connectivity index (χ3n) is 2.80. The summed E-state index contributed by atoms with van der Waals surface area (Å²) >= 11 is 2.61. The Balaban J connectivity index is 1.94. The first-order valence-electron chi connectivity index (χ1n) is 6.28. The Morgan fingerprint density at radius 2 is 2.26 bits per heavy atom. The van der Waals surface area contributed by atoms with Crippen molar-refractivity contribution in [3.8, 4) is 0 Å². The van der Waals surface area contributed by atoms with Gasteiger partial charge in [-0.2, -0.15) is 16.4 Å². The van der Waals surface area contributed by atoms with Crippen LogP contribution in [0, 0.1) is 10.1 Å². The number of hydrogen-bond acceptors (Lipinski definition) is 7. The first-order valence-corrected chi connectivity index (χ1v) is 8.04. The summed E-state index contributed by atoms with van der Waals surface area (Å²) in [6, 6.07) is 5.87. The number of nitrogens with one attached hydrogen (secondary N) is 2. The average molecular weight is 347 g/mol. The summed E-state index contributed by atoms with van der Waals surface area (Å²) in [6.07, 6.45) is 1.35. The zero-order chi connectivity index (χ0) is 16.2. The number of aromatic nitrogens is 3. The molecule has 0 fully saturated rings. The quantitative estimate of drug-likeness (QED) is 0.541. The SMILES string of the molecule is O=C(Nc1ccsc1)c1cc([N+](=O)[O-])ccc1Sc1ncn[nH]1. The molecule has 0 aliphatic heterocycles. The van der Waals surface area contributed by atoms with E-state index in [9.17, 15) is 14.9 Å². The monoisotopic (exact) mass is 347 g/mol. The highest BCUT2D eigenvalue weighted by Gasteiger charge is 2.18. The summed E-state index contributed by atoms with van der Waals surface area (Å²) in [5.74, 6) is -0.422. The van der Waals surface area contributed by atoms with Crippen molar-refractivity contribution < 1.29 is 9.72 Å². The molecule has 2 N–H and O–H groups in total. The lowest BCUT2D eigenvalue weighted by Gasteiger charge is -2.08. The van der Waals surface area contributed by atoms with Crippen LogP contribution in [0.25, 0.3) is 0 Å². The van der Waals surface area contributed by atoms with Crippen LogP contribution in [0.15, 0.2) is 51.4 Å². The number of carbonyl (C=O) groups is 1. The number of thiophene rings is 1. The van der Waals surface area contributed by atoms with Crippen molar-refractivity contribution in [1.29, 1.82) is 0 Å². The van der Waals surface area contributed by atoms with E-state index in [1.807, 2.05) is 5.38 Å². The van der Waals surface area contributed by atoms with Gasteiger partial charge in [0.2, 0.25) is 0 Å². The molecule has 0 atom stereocenters. The third-order valence-corrected chi connectivity index (χ3v) is 4.45. The zero-order valence-corrected chi connectivity index (χ0v) is 13.1. The first kappa shape index (κ1) is 15.2. The van der Waals surface area contributed by atoms with Gasteiger partial charge in [-0.3, -0.25) is 20.0 Å². The Morgan fingerprint density at radius 3 is 2.91 bits per heavy atom. The number of non-ortho nitro benzene ring substituents is 1. The van der Waals surface area contributed by atoms with Gasteiger partial charge in [-0.15, -0.1) is 0 Å². The molecule has 10 heteroatoms. The van der Waals surface area contributed by atoms with Crippen molar-refractivity contribution in [3.63, 3.8) is 0 Å². The van der Waals surface area contributed by atoms with Crippen molar-refractivity contribution in [2.75, 3.05) is 5.32 Å². The van der Waals surface area contributed by atoms with E-state index in [0.717, 1.165) is 0 Å². The van der Waals surface area contributed by atoms with Gasteiger partial charge in [0, 0.05) is 22.4 Å². The molecule has 3 rings (SSSR count). The van der Waals surface area contributed by atoms with E-state index in [1.54, 1.807) is 11.4 Å². The topological polar surface area (TPSA) is 114 Å². The third kappa shape index (κ3) is 3.55. The van der Waals surface area contributed by atoms with Crippen molar-refractivity contribution in [3.05, 3.63) is 57.0 Å². The number of hydrogen-bond donors (Lipinski definition) is 2. The Labute approximate surface area is 138 Å². The molecule has 3 aromatic rings. The van der Waals surface area contributed by atoms with Crippen molar-refractivity contribution in [2.24, 2.45) is 0 Å². The minimum Gasteiger partial charge on any atom is -0.321 e. The van der Waals surface area contributed by atoms with Crippen molar-refractivity contribution in [2.45, 2.75) is 10.1 Å². The number of H-pyrrole nitrogens is 1. The van der Waals surface area contributed by atoms with Crippen molar-refractivity contribution >= 4 is 40.4 Å². The normalized spacial score (nSPS) is 10.4. The van der Waals surface area contributed by atoms with Gasteiger partial charge in [0.1, 0.15) is 6.33 Å². The van der Waals surface area contributed by atoms with E-state index < -0.39 is 10.8 Å². The van der Waals surface area contributed by atoms with Crippen molar-refractivity contribution in [1.82, 2.24) is 15.2 Å². The molecule has 23 heavy (non-hydrogen) atoms. The highest BCUT2D eigenvalue weighted by molar-refractivity contribution is 7.99. The Kier molecular flexibility index (Phi) is 4.35. The Morgan fingerprint density at radius 1 is 1.39 bits per heavy atom. The number of aromatic amines is 1. The van der Waals surface area contributed by atoms with Crippen LogP contribution in [0.2, 0.25) is 0 Å². The number of amides is 1. The van der Waals surface area contributed by atoms with E-state index >= 15 is 0 Å². The lowest BCUT2D eigenvalue weighted by Crippen LogP contribution is -2.13. The standard InChI is InChI=1S/C13H9N5O3S2/c19-12(16-8-3-4-22-6-8)10-5-9(18(20)21)1-2-11(10)23-13-14-7-15-17-13/h1-7H,(H,16,19)(H,14,15,17). The molecule has 1 aromatic carbocycles. The van der Waals surface area contributed by atoms with E-state index in [4.69, 9.17) is 0 Å². The van der Waals surface area contributed by atoms with Gasteiger partial charge in [-0.25, -0.2) is 4.98 Å². The molecular weight excluding hydrogens is 338 g/mol. The molecule has 1 amide bonds. The maximum absolute atomic E-state index is 12.4. The molecule has 0 aliphatic carbocycles. The molecule has 0 unspecified atom stereocenters. The molecule has 0 bridgehead atoms. The lowest BCUT2D eigenvalue weighted by molar-refractivity contribution is -0.384. The second kappa shape index (κ2) is 6.58. The molecule has 0 radical (unpaired) electrons. The van der Waals surface area contributed by atoms with E-state index in [-0.39, 0.29) is 11.3 Å². The number of nitro groups is 1. The Bertz CT molecular complexity index is 833. The van der Waals surface area contributed by atoms with E-state index in [2.05, 4.69) is 20.5 Å². The summed E-state index contributed by atoms with van der Waals surface area (Å²) < 4.78 is 0. The molecule has 0 saturated heterocycles. The number of benzene rings is 1. The number of nitro benzene ring substituents is 1. The number of rotatable bonds is 5. The second-order valence-electron chi connectivity index (χ2n) is 4.30. The fourth-order valence-electron chi connectivity index (χ4n) is 1.78. The largest absolute Gasteiger partial charge is 0.321 e. The maximum Gasteiger partial charge on any atom is 0.270 e. The highest BCUT2D eigenvalue weighted by Crippen LogP contribution is 2.31. The minimum atomic E-state index is -0.537. The average Bonchev–Trinajstić information content (AvgIpc) is 3.21. The predicted molar refractivity (Wildman–Crippen MR) is 85.9 cm³/mol. The van der Waals surface area contributed by atoms with Gasteiger partial charge in [-0.05, 0) is 29.3 Å². The molecule has 116 valence electrons. The fraction of sp³-hybridized carbons (Fsp3) is 0. The van der Waals surface area contributed by atoms with Crippen LogP contribution in [0.1, 0.15) is 10.4 Å².